The molecule has 28 heavy (non-hydrogen) atoms. The molecule has 2 N–H and O–H groups in total. The highest BCUT2D eigenvalue weighted by molar-refractivity contribution is 7.94. The molecule has 0 spiro atoms. The minimum absolute atomic E-state index is 0.0489. The summed E-state index contributed by atoms with van der Waals surface area (Å²) in [4.78, 5) is 14.9. The predicted octanol–water partition coefficient (Wildman–Crippen LogP) is 2.59. The first-order chi connectivity index (χ1) is 13.5. The van der Waals surface area contributed by atoms with Crippen LogP contribution in [0.1, 0.15) is 5.69 Å². The summed E-state index contributed by atoms with van der Waals surface area (Å²) in [6.45, 7) is 0.189. The van der Waals surface area contributed by atoms with Crippen LogP contribution in [0.15, 0.2) is 83.9 Å². The Kier molecular flexibility index (Phi) is 6.23. The largest absolute Gasteiger partial charge is 0.573 e. The monoisotopic (exact) mass is 397 g/mol. The number of nitrogens with one attached hydrogen (secondary N) is 2. The molecule has 0 aliphatic heterocycles. The van der Waals surface area contributed by atoms with Crippen molar-refractivity contribution >= 4 is 21.6 Å². The minimum Gasteiger partial charge on any atom is -0.573 e. The smallest absolute Gasteiger partial charge is 0.258 e. The molecule has 8 heteroatoms. The number of benzene rings is 2. The van der Waals surface area contributed by atoms with Crippen molar-refractivity contribution in [2.75, 3.05) is 6.61 Å². The number of aromatic amines is 1. The number of H-pyrrole nitrogens is 1. The van der Waals surface area contributed by atoms with E-state index in [9.17, 15) is 13.2 Å². The van der Waals surface area contributed by atoms with Crippen molar-refractivity contribution in [2.24, 2.45) is 0 Å². The number of hydrogen-bond acceptors (Lipinski definition) is 4. The molecular formula is C20H19N3O4S. The van der Waals surface area contributed by atoms with Gasteiger partial charge < -0.3 is 14.8 Å². The molecule has 7 nitrogen and oxygen atoms in total. The van der Waals surface area contributed by atoms with E-state index in [0.29, 0.717) is 18.0 Å². The normalized spacial score (nSPS) is 10.9. The van der Waals surface area contributed by atoms with Crippen molar-refractivity contribution in [1.29, 1.82) is 0 Å². The summed E-state index contributed by atoms with van der Waals surface area (Å²) in [5.74, 6) is 0.105. The lowest BCUT2D eigenvalue weighted by Crippen LogP contribution is -2.30. The van der Waals surface area contributed by atoms with Crippen LogP contribution in [0.25, 0.3) is 4.72 Å². The fourth-order valence-corrected chi connectivity index (χ4v) is 3.31. The van der Waals surface area contributed by atoms with Crippen LogP contribution in [0.2, 0.25) is 0 Å². The lowest BCUT2D eigenvalue weighted by molar-refractivity contribution is -0.390. The summed E-state index contributed by atoms with van der Waals surface area (Å²) >= 11 is 0. The molecule has 0 fully saturated rings. The standard InChI is InChI=1S/C20H18N3O4S/c24-20(22-14-17-8-4-5-13-21-17)15-27-18-9-11-19(12-10-18)28(25,26)23-16-6-2-1-3-7-16/h1-13H,14-15H2,(H,22,24)/q-1/p+1. The lowest BCUT2D eigenvalue weighted by atomic mass is 10.3. The molecule has 144 valence electrons. The van der Waals surface area contributed by atoms with Crippen LogP contribution >= 0.6 is 0 Å². The molecule has 0 aliphatic carbocycles. The van der Waals surface area contributed by atoms with Crippen molar-refractivity contribution in [2.45, 2.75) is 11.4 Å². The van der Waals surface area contributed by atoms with Gasteiger partial charge in [0.1, 0.15) is 22.3 Å². The van der Waals surface area contributed by atoms with Crippen molar-refractivity contribution in [3.05, 3.63) is 89.4 Å². The number of rotatable bonds is 8. The van der Waals surface area contributed by atoms with Gasteiger partial charge in [-0.2, -0.15) is 0 Å². The molecule has 3 aromatic rings. The Bertz CT molecular complexity index is 1010. The van der Waals surface area contributed by atoms with Gasteiger partial charge in [-0.05, 0) is 24.3 Å². The number of amides is 1. The second-order valence-corrected chi connectivity index (χ2v) is 7.43. The van der Waals surface area contributed by atoms with Gasteiger partial charge in [-0.25, -0.2) is 13.4 Å². The van der Waals surface area contributed by atoms with Crippen molar-refractivity contribution in [1.82, 2.24) is 5.32 Å². The average molecular weight is 397 g/mol. The third-order valence-electron chi connectivity index (χ3n) is 3.72. The molecule has 0 unspecified atom stereocenters. The van der Waals surface area contributed by atoms with Gasteiger partial charge in [0.15, 0.2) is 18.5 Å². The number of nitrogens with zero attached hydrogens (tertiary/aromatic N) is 1. The van der Waals surface area contributed by atoms with Gasteiger partial charge in [-0.15, -0.1) is 5.69 Å². The van der Waals surface area contributed by atoms with Gasteiger partial charge in [0.2, 0.25) is 0 Å². The van der Waals surface area contributed by atoms with Crippen LogP contribution in [-0.2, 0) is 21.4 Å². The van der Waals surface area contributed by atoms with Crippen LogP contribution in [0.5, 0.6) is 5.75 Å². The molecule has 0 saturated heterocycles. The molecule has 1 aromatic heterocycles. The Balaban J connectivity index is 1.52. The van der Waals surface area contributed by atoms with E-state index < -0.39 is 10.0 Å². The van der Waals surface area contributed by atoms with Gasteiger partial charge in [0.25, 0.3) is 5.91 Å². The van der Waals surface area contributed by atoms with Gasteiger partial charge in [-0.3, -0.25) is 4.79 Å². The van der Waals surface area contributed by atoms with Crippen LogP contribution in [0.4, 0.5) is 5.69 Å². The molecule has 3 rings (SSSR count). The maximum atomic E-state index is 12.3. The topological polar surface area (TPSA) is 101 Å². The minimum atomic E-state index is -3.81. The molecule has 0 bridgehead atoms. The summed E-state index contributed by atoms with van der Waals surface area (Å²) in [5, 5.41) is 2.73. The van der Waals surface area contributed by atoms with Crippen LogP contribution in [-0.4, -0.2) is 20.9 Å². The SMILES string of the molecule is O=C(COc1ccc(S(=O)(=O)[N-]c2ccccc2)cc1)NCc1cccc[nH+]1. The zero-order valence-electron chi connectivity index (χ0n) is 14.9. The highest BCUT2D eigenvalue weighted by Crippen LogP contribution is 2.28. The van der Waals surface area contributed by atoms with Crippen LogP contribution in [0, 0.1) is 0 Å². The highest BCUT2D eigenvalue weighted by atomic mass is 32.2. The van der Waals surface area contributed by atoms with Gasteiger partial charge >= 0.3 is 0 Å². The van der Waals surface area contributed by atoms with Crippen molar-refractivity contribution in [3.8, 4) is 5.75 Å². The average Bonchev–Trinajstić information content (AvgIpc) is 2.72. The molecular weight excluding hydrogens is 378 g/mol. The Morgan fingerprint density at radius 2 is 1.68 bits per heavy atom. The Labute approximate surface area is 163 Å². The fourth-order valence-electron chi connectivity index (χ4n) is 2.32. The van der Waals surface area contributed by atoms with Crippen molar-refractivity contribution in [3.63, 3.8) is 0 Å². The molecule has 1 heterocycles. The molecule has 0 atom stereocenters. The lowest BCUT2D eigenvalue weighted by Gasteiger charge is -2.21. The Hall–Kier alpha value is -3.39. The fraction of sp³-hybridized carbons (Fsp3) is 0.100. The number of ether oxygens (including phenoxy) is 1. The third-order valence-corrected chi connectivity index (χ3v) is 5.04. The molecule has 0 saturated carbocycles. The van der Waals surface area contributed by atoms with E-state index >= 15 is 0 Å². The number of hydrogen-bond donors (Lipinski definition) is 1. The predicted molar refractivity (Wildman–Crippen MR) is 103 cm³/mol. The van der Waals surface area contributed by atoms with Gasteiger partial charge in [-0.1, -0.05) is 36.4 Å². The Morgan fingerprint density at radius 3 is 2.36 bits per heavy atom. The first-order valence-electron chi connectivity index (χ1n) is 8.51. The second kappa shape index (κ2) is 9.01. The summed E-state index contributed by atoms with van der Waals surface area (Å²) < 4.78 is 33.8. The number of aromatic nitrogens is 1. The first-order valence-corrected chi connectivity index (χ1v) is 9.95. The summed E-state index contributed by atoms with van der Waals surface area (Å²) in [6, 6.07) is 19.8. The van der Waals surface area contributed by atoms with Crippen LogP contribution in [0.3, 0.4) is 0 Å². The van der Waals surface area contributed by atoms with Gasteiger partial charge in [0.05, 0.1) is 4.90 Å². The zero-order valence-corrected chi connectivity index (χ0v) is 15.7. The first kappa shape index (κ1) is 19.4. The quantitative estimate of drug-likeness (QED) is 0.631. The van der Waals surface area contributed by atoms with E-state index in [0.717, 1.165) is 5.69 Å². The summed E-state index contributed by atoms with van der Waals surface area (Å²) in [7, 11) is -3.81. The molecule has 0 radical (unpaired) electrons. The maximum Gasteiger partial charge on any atom is 0.258 e. The molecule has 1 amide bonds. The van der Waals surface area contributed by atoms with Gasteiger partial charge in [0, 0.05) is 12.1 Å². The zero-order chi connectivity index (χ0) is 19.8. The van der Waals surface area contributed by atoms with E-state index in [-0.39, 0.29) is 17.4 Å². The van der Waals surface area contributed by atoms with E-state index in [1.165, 1.54) is 24.3 Å². The number of sulfonamides is 1. The van der Waals surface area contributed by atoms with Crippen molar-refractivity contribution < 1.29 is 22.9 Å². The number of pyridine rings is 1. The highest BCUT2D eigenvalue weighted by Gasteiger charge is 2.08. The summed E-state index contributed by atoms with van der Waals surface area (Å²) in [6.07, 6.45) is 1.78. The second-order valence-electron chi connectivity index (χ2n) is 5.83. The van der Waals surface area contributed by atoms with E-state index in [1.54, 1.807) is 36.5 Å². The molecule has 0 aliphatic rings. The Morgan fingerprint density at radius 1 is 0.964 bits per heavy atom. The number of carbonyl (C=O) groups excluding carboxylic acids is 1. The number of carbonyl (C=O) groups is 1. The van der Waals surface area contributed by atoms with E-state index in [4.69, 9.17) is 4.74 Å². The third kappa shape index (κ3) is 5.55. The van der Waals surface area contributed by atoms with E-state index in [2.05, 4.69) is 15.0 Å². The van der Waals surface area contributed by atoms with E-state index in [1.807, 2.05) is 18.2 Å². The maximum absolute atomic E-state index is 12.3. The summed E-state index contributed by atoms with van der Waals surface area (Å²) in [5.41, 5.74) is 1.22. The molecule has 2 aromatic carbocycles. The van der Waals surface area contributed by atoms with Crippen LogP contribution < -0.4 is 15.0 Å².